The van der Waals surface area contributed by atoms with Gasteiger partial charge < -0.3 is 8.85 Å². The van der Waals surface area contributed by atoms with Gasteiger partial charge in [-0.1, -0.05) is 41.5 Å². The van der Waals surface area contributed by atoms with Crippen LogP contribution in [0.2, 0.25) is 36.3 Å². The second-order valence-electron chi connectivity index (χ2n) is 8.38. The van der Waals surface area contributed by atoms with Gasteiger partial charge in [-0.25, -0.2) is 0 Å². The lowest BCUT2D eigenvalue weighted by atomic mass is 10.3. The summed E-state index contributed by atoms with van der Waals surface area (Å²) in [4.78, 5) is 0. The molecule has 0 radical (unpaired) electrons. The Hall–Kier alpha value is -0.0662. The lowest BCUT2D eigenvalue weighted by Crippen LogP contribution is -2.49. The van der Waals surface area contributed by atoms with Crippen LogP contribution in [0.3, 0.4) is 0 Å². The molecule has 0 aromatic rings. The molecule has 1 aliphatic rings. The molecule has 0 spiro atoms. The van der Waals surface area contributed by atoms with Crippen LogP contribution in [0.1, 0.15) is 54.4 Å². The van der Waals surface area contributed by atoms with Gasteiger partial charge in [-0.3, -0.25) is 0 Å². The molecule has 1 aliphatic carbocycles. The van der Waals surface area contributed by atoms with E-state index in [9.17, 15) is 0 Å². The molecule has 0 bridgehead atoms. The third-order valence-corrected chi connectivity index (χ3v) is 11.6. The summed E-state index contributed by atoms with van der Waals surface area (Å²) in [6.45, 7) is 20.9. The first-order valence-electron chi connectivity index (χ1n) is 8.55. The summed E-state index contributed by atoms with van der Waals surface area (Å²) < 4.78 is 13.0. The van der Waals surface area contributed by atoms with Crippen molar-refractivity contribution in [2.24, 2.45) is 0 Å². The average Bonchev–Trinajstić information content (AvgIpc) is 2.69. The van der Waals surface area contributed by atoms with E-state index in [0.29, 0.717) is 22.7 Å². The summed E-state index contributed by atoms with van der Waals surface area (Å²) in [7, 11) is -3.25. The van der Waals surface area contributed by atoms with Gasteiger partial charge in [0.2, 0.25) is 16.6 Å². The molecule has 0 fully saturated rings. The molecule has 4 heteroatoms. The zero-order chi connectivity index (χ0) is 16.4. The summed E-state index contributed by atoms with van der Waals surface area (Å²) in [6, 6.07) is 0. The van der Waals surface area contributed by atoms with Crippen LogP contribution >= 0.6 is 0 Å². The minimum Gasteiger partial charge on any atom is -0.547 e. The van der Waals surface area contributed by atoms with Crippen molar-refractivity contribution < 1.29 is 8.85 Å². The highest BCUT2D eigenvalue weighted by molar-refractivity contribution is 6.77. The second-order valence-corrected chi connectivity index (χ2v) is 18.2. The second kappa shape index (κ2) is 7.01. The van der Waals surface area contributed by atoms with Crippen LogP contribution in [0.5, 0.6) is 0 Å². The van der Waals surface area contributed by atoms with Gasteiger partial charge >= 0.3 is 0 Å². The largest absolute Gasteiger partial charge is 0.547 e. The Balaban J connectivity index is 2.76. The first-order chi connectivity index (χ1) is 9.49. The maximum atomic E-state index is 6.85. The van der Waals surface area contributed by atoms with E-state index in [1.807, 2.05) is 0 Å². The highest BCUT2D eigenvalue weighted by Gasteiger charge is 2.47. The van der Waals surface area contributed by atoms with Gasteiger partial charge in [-0.2, -0.15) is 0 Å². The molecule has 124 valence electrons. The summed E-state index contributed by atoms with van der Waals surface area (Å²) in [5.74, 6) is 1.18. The highest BCUT2D eigenvalue weighted by Crippen LogP contribution is 2.44. The predicted octanol–water partition coefficient (Wildman–Crippen LogP) is 6.08. The van der Waals surface area contributed by atoms with Crippen molar-refractivity contribution in [3.8, 4) is 0 Å². The summed E-state index contributed by atoms with van der Waals surface area (Å²) in [6.07, 6.45) is 4.62. The standard InChI is InChI=1S/C17H36O2Si2/c1-13(2)21(14(3)4,15(5)6)19-17-11-10-16(12-17)18-20(7,8)9/h10,13-15,17H,11-12H2,1-9H3. The van der Waals surface area contributed by atoms with Crippen molar-refractivity contribution in [3.05, 3.63) is 11.8 Å². The smallest absolute Gasteiger partial charge is 0.241 e. The van der Waals surface area contributed by atoms with E-state index in [1.165, 1.54) is 5.76 Å². The Morgan fingerprint density at radius 3 is 1.81 bits per heavy atom. The molecule has 2 nitrogen and oxygen atoms in total. The molecule has 21 heavy (non-hydrogen) atoms. The van der Waals surface area contributed by atoms with Crippen molar-refractivity contribution in [1.82, 2.24) is 0 Å². The van der Waals surface area contributed by atoms with Crippen LogP contribution in [0.4, 0.5) is 0 Å². The summed E-state index contributed by atoms with van der Waals surface area (Å²) in [5, 5.41) is 0. The van der Waals surface area contributed by atoms with E-state index in [2.05, 4.69) is 67.3 Å². The topological polar surface area (TPSA) is 18.5 Å². The minimum atomic E-state index is -1.76. The van der Waals surface area contributed by atoms with Crippen molar-refractivity contribution in [2.75, 3.05) is 0 Å². The molecule has 1 rings (SSSR count). The summed E-state index contributed by atoms with van der Waals surface area (Å²) in [5.41, 5.74) is 1.96. The Bertz CT molecular complexity index is 346. The van der Waals surface area contributed by atoms with Crippen molar-refractivity contribution in [3.63, 3.8) is 0 Å². The van der Waals surface area contributed by atoms with E-state index < -0.39 is 16.6 Å². The third kappa shape index (κ3) is 4.70. The SMILES string of the molecule is CC(C)[Si](OC1CC=C(O[Si](C)(C)C)C1)(C(C)C)C(C)C. The molecule has 1 unspecified atom stereocenters. The van der Waals surface area contributed by atoms with Crippen LogP contribution < -0.4 is 0 Å². The Morgan fingerprint density at radius 1 is 0.952 bits per heavy atom. The number of hydrogen-bond acceptors (Lipinski definition) is 2. The minimum absolute atomic E-state index is 0.343. The molecule has 0 aliphatic heterocycles. The zero-order valence-electron chi connectivity index (χ0n) is 15.6. The fourth-order valence-electron chi connectivity index (χ4n) is 3.92. The molecule has 0 saturated carbocycles. The third-order valence-electron chi connectivity index (χ3n) is 4.55. The number of rotatable bonds is 7. The Kier molecular flexibility index (Phi) is 6.33. The lowest BCUT2D eigenvalue weighted by molar-refractivity contribution is 0.176. The zero-order valence-corrected chi connectivity index (χ0v) is 17.6. The monoisotopic (exact) mass is 328 g/mol. The van der Waals surface area contributed by atoms with Gasteiger partial charge in [0, 0.05) is 6.42 Å². The maximum Gasteiger partial charge on any atom is 0.241 e. The van der Waals surface area contributed by atoms with Gasteiger partial charge in [0.1, 0.15) is 0 Å². The molecule has 1 atom stereocenters. The maximum absolute atomic E-state index is 6.85. The van der Waals surface area contributed by atoms with Gasteiger partial charge in [-0.05, 0) is 48.8 Å². The summed E-state index contributed by atoms with van der Waals surface area (Å²) >= 11 is 0. The normalized spacial score (nSPS) is 20.6. The quantitative estimate of drug-likeness (QED) is 0.527. The van der Waals surface area contributed by atoms with Crippen molar-refractivity contribution >= 4 is 16.6 Å². The van der Waals surface area contributed by atoms with Crippen LogP contribution in [-0.4, -0.2) is 22.7 Å². The molecule has 0 aromatic carbocycles. The molecular weight excluding hydrogens is 292 g/mol. The molecule has 0 N–H and O–H groups in total. The van der Waals surface area contributed by atoms with Crippen LogP contribution in [-0.2, 0) is 8.85 Å². The molecule has 0 amide bonds. The van der Waals surface area contributed by atoms with Gasteiger partial charge in [0.05, 0.1) is 11.9 Å². The van der Waals surface area contributed by atoms with E-state index in [-0.39, 0.29) is 0 Å². The Morgan fingerprint density at radius 2 is 1.43 bits per heavy atom. The van der Waals surface area contributed by atoms with Gasteiger partial charge in [0.25, 0.3) is 0 Å². The molecule has 0 aromatic heterocycles. The van der Waals surface area contributed by atoms with Crippen LogP contribution in [0, 0.1) is 0 Å². The molecule has 0 heterocycles. The van der Waals surface area contributed by atoms with Crippen molar-refractivity contribution in [1.29, 1.82) is 0 Å². The fraction of sp³-hybridized carbons (Fsp3) is 0.882. The van der Waals surface area contributed by atoms with E-state index in [1.54, 1.807) is 0 Å². The molecular formula is C17H36O2Si2. The lowest BCUT2D eigenvalue weighted by Gasteiger charge is -2.44. The van der Waals surface area contributed by atoms with Gasteiger partial charge in [-0.15, -0.1) is 0 Å². The van der Waals surface area contributed by atoms with E-state index in [0.717, 1.165) is 12.8 Å². The predicted molar refractivity (Wildman–Crippen MR) is 97.7 cm³/mol. The Labute approximate surface area is 134 Å². The first-order valence-corrected chi connectivity index (χ1v) is 14.1. The van der Waals surface area contributed by atoms with Crippen molar-refractivity contribution in [2.45, 2.75) is 96.8 Å². The first kappa shape index (κ1) is 19.0. The van der Waals surface area contributed by atoms with Crippen LogP contribution in [0.25, 0.3) is 0 Å². The van der Waals surface area contributed by atoms with Gasteiger partial charge in [0.15, 0.2) is 0 Å². The average molecular weight is 329 g/mol. The highest BCUT2D eigenvalue weighted by atomic mass is 28.4. The number of hydrogen-bond donors (Lipinski definition) is 0. The fourth-order valence-corrected chi connectivity index (χ4v) is 10.4. The molecule has 0 saturated heterocycles. The van der Waals surface area contributed by atoms with Crippen LogP contribution in [0.15, 0.2) is 11.8 Å². The van der Waals surface area contributed by atoms with E-state index in [4.69, 9.17) is 8.85 Å². The van der Waals surface area contributed by atoms with E-state index >= 15 is 0 Å².